The molecule has 1 aliphatic rings. The van der Waals surface area contributed by atoms with E-state index in [4.69, 9.17) is 11.6 Å². The van der Waals surface area contributed by atoms with Crippen LogP contribution in [0.5, 0.6) is 0 Å². The number of anilines is 2. The molecular formula is C16H10ClFN2O2S. The topological polar surface area (TPSA) is 61.2 Å². The number of hydrogen-bond donors (Lipinski definition) is 0. The number of hydrogen-bond acceptors (Lipinski definition) is 4. The van der Waals surface area contributed by atoms with Crippen molar-refractivity contribution in [3.63, 3.8) is 0 Å². The molecule has 0 unspecified atom stereocenters. The summed E-state index contributed by atoms with van der Waals surface area (Å²) in [6.07, 6.45) is 1.19. The van der Waals surface area contributed by atoms with E-state index in [0.717, 1.165) is 18.2 Å². The molecule has 7 heteroatoms. The molecule has 4 nitrogen and oxygen atoms in total. The van der Waals surface area contributed by atoms with E-state index < -0.39 is 20.6 Å². The molecule has 0 aliphatic carbocycles. The van der Waals surface area contributed by atoms with Crippen molar-refractivity contribution < 1.29 is 12.8 Å². The van der Waals surface area contributed by atoms with Gasteiger partial charge >= 0.3 is 0 Å². The average molecular weight is 349 g/mol. The van der Waals surface area contributed by atoms with Crippen LogP contribution in [-0.4, -0.2) is 8.42 Å². The van der Waals surface area contributed by atoms with Crippen LogP contribution >= 0.6 is 11.6 Å². The highest BCUT2D eigenvalue weighted by molar-refractivity contribution is 7.95. The Morgan fingerprint density at radius 3 is 2.65 bits per heavy atom. The van der Waals surface area contributed by atoms with E-state index >= 15 is 0 Å². The Hall–Kier alpha value is -2.36. The Balaban J connectivity index is 2.36. The lowest BCUT2D eigenvalue weighted by molar-refractivity contribution is 0.600. The fourth-order valence-electron chi connectivity index (χ4n) is 2.43. The molecule has 0 N–H and O–H groups in total. The zero-order valence-corrected chi connectivity index (χ0v) is 13.5. The SMILES string of the molecule is Cc1c(Cl)cccc1N1C=C(C#N)S(=O)(=O)c2ccc(F)cc21. The molecule has 0 radical (unpaired) electrons. The van der Waals surface area contributed by atoms with E-state index in [0.29, 0.717) is 16.3 Å². The Morgan fingerprint density at radius 2 is 1.96 bits per heavy atom. The number of benzene rings is 2. The predicted molar refractivity (Wildman–Crippen MR) is 85.6 cm³/mol. The van der Waals surface area contributed by atoms with Gasteiger partial charge in [-0.05, 0) is 42.8 Å². The normalized spacial score (nSPS) is 15.6. The van der Waals surface area contributed by atoms with Crippen molar-refractivity contribution in [2.24, 2.45) is 0 Å². The second-order valence-corrected chi connectivity index (χ2v) is 7.27. The number of nitriles is 1. The minimum atomic E-state index is -3.95. The maximum absolute atomic E-state index is 13.7. The van der Waals surface area contributed by atoms with Crippen LogP contribution in [0, 0.1) is 24.1 Å². The quantitative estimate of drug-likeness (QED) is 0.728. The molecule has 0 saturated carbocycles. The Bertz CT molecular complexity index is 994. The van der Waals surface area contributed by atoms with Crippen molar-refractivity contribution in [3.05, 3.63) is 63.9 Å². The molecule has 0 fully saturated rings. The fraction of sp³-hybridized carbons (Fsp3) is 0.0625. The second-order valence-electron chi connectivity index (χ2n) is 4.97. The molecule has 2 aromatic rings. The van der Waals surface area contributed by atoms with E-state index in [-0.39, 0.29) is 10.6 Å². The van der Waals surface area contributed by atoms with Crippen LogP contribution in [0.25, 0.3) is 0 Å². The van der Waals surface area contributed by atoms with Crippen LogP contribution in [0.2, 0.25) is 5.02 Å². The molecule has 1 heterocycles. The van der Waals surface area contributed by atoms with Gasteiger partial charge in [-0.3, -0.25) is 0 Å². The molecule has 1 aliphatic heterocycles. The van der Waals surface area contributed by atoms with Gasteiger partial charge in [-0.15, -0.1) is 0 Å². The van der Waals surface area contributed by atoms with Crippen molar-refractivity contribution >= 4 is 32.8 Å². The number of nitrogens with zero attached hydrogens (tertiary/aromatic N) is 2. The molecule has 3 rings (SSSR count). The Morgan fingerprint density at radius 1 is 1.22 bits per heavy atom. The highest BCUT2D eigenvalue weighted by atomic mass is 35.5. The summed E-state index contributed by atoms with van der Waals surface area (Å²) in [5.41, 5.74) is 1.42. The van der Waals surface area contributed by atoms with E-state index in [2.05, 4.69) is 0 Å². The summed E-state index contributed by atoms with van der Waals surface area (Å²) in [4.78, 5) is 0.951. The number of rotatable bonds is 1. The summed E-state index contributed by atoms with van der Waals surface area (Å²) in [5.74, 6) is -0.572. The first-order valence-corrected chi connectivity index (χ1v) is 8.43. The highest BCUT2D eigenvalue weighted by Crippen LogP contribution is 2.41. The lowest BCUT2D eigenvalue weighted by Crippen LogP contribution is -2.22. The van der Waals surface area contributed by atoms with Gasteiger partial charge in [0.05, 0.1) is 16.3 Å². The monoisotopic (exact) mass is 348 g/mol. The number of allylic oxidation sites excluding steroid dienone is 1. The lowest BCUT2D eigenvalue weighted by Gasteiger charge is -2.29. The van der Waals surface area contributed by atoms with Crippen LogP contribution in [0.3, 0.4) is 0 Å². The molecule has 0 amide bonds. The summed E-state index contributed by atoms with van der Waals surface area (Å²) < 4.78 is 38.5. The van der Waals surface area contributed by atoms with Crippen LogP contribution in [0.4, 0.5) is 15.8 Å². The highest BCUT2D eigenvalue weighted by Gasteiger charge is 2.32. The number of sulfone groups is 1. The first kappa shape index (κ1) is 15.5. The first-order chi connectivity index (χ1) is 10.9. The molecule has 0 bridgehead atoms. The standard InChI is InChI=1S/C16H10ClFN2O2S/c1-10-13(17)3-2-4-14(10)20-9-12(8-19)23(21,22)16-6-5-11(18)7-15(16)20/h2-7,9H,1H3. The maximum Gasteiger partial charge on any atom is 0.220 e. The molecule has 2 aromatic carbocycles. The third-order valence-electron chi connectivity index (χ3n) is 3.61. The summed E-state index contributed by atoms with van der Waals surface area (Å²) in [7, 11) is -3.95. The van der Waals surface area contributed by atoms with E-state index in [1.54, 1.807) is 31.2 Å². The molecule has 23 heavy (non-hydrogen) atoms. The van der Waals surface area contributed by atoms with E-state index in [9.17, 15) is 18.1 Å². The largest absolute Gasteiger partial charge is 0.313 e. The van der Waals surface area contributed by atoms with Crippen LogP contribution in [0.15, 0.2) is 52.4 Å². The summed E-state index contributed by atoms with van der Waals surface area (Å²) >= 11 is 6.11. The van der Waals surface area contributed by atoms with Crippen LogP contribution in [-0.2, 0) is 9.84 Å². The molecule has 0 saturated heterocycles. The second kappa shape index (κ2) is 5.37. The lowest BCUT2D eigenvalue weighted by atomic mass is 10.1. The third-order valence-corrected chi connectivity index (χ3v) is 5.72. The van der Waals surface area contributed by atoms with Crippen LogP contribution in [0.1, 0.15) is 5.56 Å². The van der Waals surface area contributed by atoms with Gasteiger partial charge in [-0.2, -0.15) is 5.26 Å². The van der Waals surface area contributed by atoms with Crippen molar-refractivity contribution in [2.45, 2.75) is 11.8 Å². The van der Waals surface area contributed by atoms with Gasteiger partial charge in [0.25, 0.3) is 0 Å². The van der Waals surface area contributed by atoms with E-state index in [1.165, 1.54) is 11.1 Å². The van der Waals surface area contributed by atoms with Crippen LogP contribution < -0.4 is 4.90 Å². The fourth-order valence-corrected chi connectivity index (χ4v) is 3.88. The number of fused-ring (bicyclic) bond motifs is 1. The zero-order valence-electron chi connectivity index (χ0n) is 11.9. The van der Waals surface area contributed by atoms with Gasteiger partial charge in [0.15, 0.2) is 4.91 Å². The Labute approximate surface area is 137 Å². The Kier molecular flexibility index (Phi) is 3.63. The van der Waals surface area contributed by atoms with Crippen molar-refractivity contribution in [1.82, 2.24) is 0 Å². The molecule has 0 atom stereocenters. The molecule has 0 aromatic heterocycles. The van der Waals surface area contributed by atoms with Crippen molar-refractivity contribution in [1.29, 1.82) is 5.26 Å². The summed E-state index contributed by atoms with van der Waals surface area (Å²) in [6.45, 7) is 1.76. The van der Waals surface area contributed by atoms with E-state index in [1.807, 2.05) is 0 Å². The summed E-state index contributed by atoms with van der Waals surface area (Å²) in [5, 5.41) is 9.66. The van der Waals surface area contributed by atoms with Gasteiger partial charge in [-0.1, -0.05) is 17.7 Å². The smallest absolute Gasteiger partial charge is 0.220 e. The maximum atomic E-state index is 13.7. The van der Waals surface area contributed by atoms with Crippen molar-refractivity contribution in [2.75, 3.05) is 4.90 Å². The third kappa shape index (κ3) is 2.38. The minimum Gasteiger partial charge on any atom is -0.313 e. The van der Waals surface area contributed by atoms with Crippen molar-refractivity contribution in [3.8, 4) is 6.07 Å². The average Bonchev–Trinajstić information content (AvgIpc) is 2.50. The van der Waals surface area contributed by atoms with Gasteiger partial charge < -0.3 is 4.90 Å². The summed E-state index contributed by atoms with van der Waals surface area (Å²) in [6, 6.07) is 10.1. The van der Waals surface area contributed by atoms with Gasteiger partial charge in [0.1, 0.15) is 11.9 Å². The zero-order chi connectivity index (χ0) is 16.8. The first-order valence-electron chi connectivity index (χ1n) is 6.57. The van der Waals surface area contributed by atoms with Gasteiger partial charge in [0, 0.05) is 11.2 Å². The number of halogens is 2. The van der Waals surface area contributed by atoms with Gasteiger partial charge in [0.2, 0.25) is 9.84 Å². The van der Waals surface area contributed by atoms with Gasteiger partial charge in [-0.25, -0.2) is 12.8 Å². The molecular weight excluding hydrogens is 339 g/mol. The molecule has 116 valence electrons. The predicted octanol–water partition coefficient (Wildman–Crippen LogP) is 4.08. The minimum absolute atomic E-state index is 0.114. The molecule has 0 spiro atoms.